The van der Waals surface area contributed by atoms with Crippen molar-refractivity contribution < 1.29 is 13.6 Å². The van der Waals surface area contributed by atoms with Crippen LogP contribution in [0.2, 0.25) is 0 Å². The third kappa shape index (κ3) is 2.37. The zero-order valence-corrected chi connectivity index (χ0v) is 12.0. The molecule has 8 heteroatoms. The Bertz CT molecular complexity index is 1050. The number of nitrogens with zero attached hydrogens (tertiary/aromatic N) is 2. The first kappa shape index (κ1) is 14.9. The van der Waals surface area contributed by atoms with Gasteiger partial charge in [0.05, 0.1) is 17.6 Å². The minimum Gasteiger partial charge on any atom is -0.338 e. The largest absolute Gasteiger partial charge is 0.338 e. The molecule has 1 aromatic carbocycles. The number of benzene rings is 1. The van der Waals surface area contributed by atoms with Gasteiger partial charge in [0.2, 0.25) is 0 Å². The number of nitrogens with one attached hydrogen (secondary N) is 1. The smallest absolute Gasteiger partial charge is 0.332 e. The Labute approximate surface area is 127 Å². The summed E-state index contributed by atoms with van der Waals surface area (Å²) in [6.07, 6.45) is 0.531. The number of halogens is 2. The third-order valence-electron chi connectivity index (χ3n) is 3.60. The van der Waals surface area contributed by atoms with Crippen molar-refractivity contribution in [2.75, 3.05) is 0 Å². The topological polar surface area (TPSA) is 76.9 Å². The number of aromatic nitrogens is 3. The predicted molar refractivity (Wildman–Crippen MR) is 78.6 cm³/mol. The molecule has 0 aliphatic rings. The SMILES string of the molecule is Cn1c(=O)n(Cc2ccc(F)c(F)c2)c(=O)c2cc(C=O)[nH]c21. The average Bonchev–Trinajstić information content (AvgIpc) is 2.97. The molecule has 0 amide bonds. The lowest BCUT2D eigenvalue weighted by Crippen LogP contribution is -2.39. The normalized spacial score (nSPS) is 11.1. The Balaban J connectivity index is 2.21. The van der Waals surface area contributed by atoms with Crippen LogP contribution in [0.3, 0.4) is 0 Å². The highest BCUT2D eigenvalue weighted by molar-refractivity contribution is 5.85. The number of hydrogen-bond acceptors (Lipinski definition) is 3. The van der Waals surface area contributed by atoms with Crippen molar-refractivity contribution >= 4 is 17.3 Å². The van der Waals surface area contributed by atoms with Crippen LogP contribution >= 0.6 is 0 Å². The molecule has 0 fully saturated rings. The molecule has 0 aliphatic heterocycles. The summed E-state index contributed by atoms with van der Waals surface area (Å²) in [5.74, 6) is -2.07. The number of fused-ring (bicyclic) bond motifs is 1. The summed E-state index contributed by atoms with van der Waals surface area (Å²) in [4.78, 5) is 38.2. The number of aryl methyl sites for hydroxylation is 1. The van der Waals surface area contributed by atoms with E-state index in [0.717, 1.165) is 16.7 Å². The van der Waals surface area contributed by atoms with Crippen LogP contribution in [0.1, 0.15) is 16.1 Å². The molecule has 6 nitrogen and oxygen atoms in total. The molecule has 3 aromatic rings. The quantitative estimate of drug-likeness (QED) is 0.736. The standard InChI is InChI=1S/C15H11F2N3O3/c1-19-13-10(5-9(7-21)18-13)14(22)20(15(19)23)6-8-2-3-11(16)12(17)4-8/h2-5,7,18H,6H2,1H3. The van der Waals surface area contributed by atoms with E-state index in [-0.39, 0.29) is 28.8 Å². The van der Waals surface area contributed by atoms with Crippen molar-refractivity contribution in [1.82, 2.24) is 14.1 Å². The minimum atomic E-state index is -1.06. The zero-order valence-electron chi connectivity index (χ0n) is 12.0. The summed E-state index contributed by atoms with van der Waals surface area (Å²) in [5.41, 5.74) is -0.585. The molecule has 0 bridgehead atoms. The lowest BCUT2D eigenvalue weighted by Gasteiger charge is -2.08. The average molecular weight is 319 g/mol. The summed E-state index contributed by atoms with van der Waals surface area (Å²) in [6.45, 7) is -0.208. The molecule has 2 aromatic heterocycles. The van der Waals surface area contributed by atoms with Gasteiger partial charge in [0, 0.05) is 7.05 Å². The molecule has 0 aliphatic carbocycles. The maximum absolute atomic E-state index is 13.3. The van der Waals surface area contributed by atoms with Crippen molar-refractivity contribution in [2.45, 2.75) is 6.54 Å². The molecule has 0 radical (unpaired) electrons. The van der Waals surface area contributed by atoms with Crippen molar-refractivity contribution in [1.29, 1.82) is 0 Å². The van der Waals surface area contributed by atoms with E-state index >= 15 is 0 Å². The molecule has 3 rings (SSSR count). The second-order valence-corrected chi connectivity index (χ2v) is 5.09. The molecule has 0 saturated carbocycles. The highest BCUT2D eigenvalue weighted by Crippen LogP contribution is 2.11. The zero-order chi connectivity index (χ0) is 16.7. The first-order valence-corrected chi connectivity index (χ1v) is 6.64. The maximum atomic E-state index is 13.3. The van der Waals surface area contributed by atoms with E-state index in [0.29, 0.717) is 6.29 Å². The molecule has 118 valence electrons. The molecule has 23 heavy (non-hydrogen) atoms. The predicted octanol–water partition coefficient (Wildman–Crippen LogP) is 1.17. The molecule has 2 heterocycles. The molecule has 0 spiro atoms. The Morgan fingerprint density at radius 3 is 2.57 bits per heavy atom. The van der Waals surface area contributed by atoms with Crippen LogP contribution in [0.15, 0.2) is 33.9 Å². The molecule has 1 N–H and O–H groups in total. The number of aromatic amines is 1. The van der Waals surface area contributed by atoms with Gasteiger partial charge < -0.3 is 4.98 Å². The summed E-state index contributed by atoms with van der Waals surface area (Å²) in [6, 6.07) is 4.49. The molecule has 0 atom stereocenters. The van der Waals surface area contributed by atoms with Crippen LogP contribution < -0.4 is 11.2 Å². The third-order valence-corrected chi connectivity index (χ3v) is 3.60. The van der Waals surface area contributed by atoms with Crippen molar-refractivity contribution in [2.24, 2.45) is 7.05 Å². The maximum Gasteiger partial charge on any atom is 0.332 e. The summed E-state index contributed by atoms with van der Waals surface area (Å²) >= 11 is 0. The second-order valence-electron chi connectivity index (χ2n) is 5.09. The highest BCUT2D eigenvalue weighted by Gasteiger charge is 2.14. The fraction of sp³-hybridized carbons (Fsp3) is 0.133. The number of carbonyl (C=O) groups is 1. The number of carbonyl (C=O) groups excluding carboxylic acids is 1. The number of hydrogen-bond donors (Lipinski definition) is 1. The van der Waals surface area contributed by atoms with E-state index < -0.39 is 22.9 Å². The van der Waals surface area contributed by atoms with Gasteiger partial charge in [-0.15, -0.1) is 0 Å². The van der Waals surface area contributed by atoms with Gasteiger partial charge in [-0.2, -0.15) is 0 Å². The van der Waals surface area contributed by atoms with Gasteiger partial charge in [-0.1, -0.05) is 6.07 Å². The number of aldehydes is 1. The highest BCUT2D eigenvalue weighted by atomic mass is 19.2. The lowest BCUT2D eigenvalue weighted by molar-refractivity contribution is 0.111. The van der Waals surface area contributed by atoms with Gasteiger partial charge >= 0.3 is 5.69 Å². The van der Waals surface area contributed by atoms with Crippen LogP contribution in [-0.2, 0) is 13.6 Å². The summed E-state index contributed by atoms with van der Waals surface area (Å²) < 4.78 is 28.3. The van der Waals surface area contributed by atoms with Crippen molar-refractivity contribution in [3.63, 3.8) is 0 Å². The van der Waals surface area contributed by atoms with Crippen LogP contribution in [0.4, 0.5) is 8.78 Å². The summed E-state index contributed by atoms with van der Waals surface area (Å²) in [7, 11) is 1.44. The lowest BCUT2D eigenvalue weighted by atomic mass is 10.2. The van der Waals surface area contributed by atoms with E-state index in [4.69, 9.17) is 0 Å². The van der Waals surface area contributed by atoms with E-state index in [1.165, 1.54) is 23.7 Å². The van der Waals surface area contributed by atoms with Gasteiger partial charge in [0.25, 0.3) is 5.56 Å². The van der Waals surface area contributed by atoms with Gasteiger partial charge in [0.15, 0.2) is 17.9 Å². The van der Waals surface area contributed by atoms with Gasteiger partial charge in [0.1, 0.15) is 5.65 Å². The van der Waals surface area contributed by atoms with Crippen molar-refractivity contribution in [3.05, 3.63) is 68.0 Å². The fourth-order valence-corrected chi connectivity index (χ4v) is 2.42. The first-order valence-electron chi connectivity index (χ1n) is 6.64. The van der Waals surface area contributed by atoms with E-state index in [2.05, 4.69) is 4.98 Å². The van der Waals surface area contributed by atoms with E-state index in [9.17, 15) is 23.2 Å². The van der Waals surface area contributed by atoms with Crippen molar-refractivity contribution in [3.8, 4) is 0 Å². The number of rotatable bonds is 3. The Morgan fingerprint density at radius 2 is 1.91 bits per heavy atom. The Morgan fingerprint density at radius 1 is 1.17 bits per heavy atom. The first-order chi connectivity index (χ1) is 10.9. The molecule has 0 saturated heterocycles. The Hall–Kier alpha value is -3.03. The second kappa shape index (κ2) is 5.31. The van der Waals surface area contributed by atoms with E-state index in [1.54, 1.807) is 0 Å². The number of H-pyrrole nitrogens is 1. The van der Waals surface area contributed by atoms with E-state index in [1.807, 2.05) is 0 Å². The van der Waals surface area contributed by atoms with Gasteiger partial charge in [-0.3, -0.25) is 18.7 Å². The van der Waals surface area contributed by atoms with Gasteiger partial charge in [-0.25, -0.2) is 13.6 Å². The Kier molecular flexibility index (Phi) is 3.44. The molecular formula is C15H11F2N3O3. The molecule has 0 unspecified atom stereocenters. The van der Waals surface area contributed by atoms with Crippen LogP contribution in [0.25, 0.3) is 11.0 Å². The minimum absolute atomic E-state index is 0.164. The van der Waals surface area contributed by atoms with Crippen LogP contribution in [-0.4, -0.2) is 20.4 Å². The fourth-order valence-electron chi connectivity index (χ4n) is 2.42. The van der Waals surface area contributed by atoms with Crippen LogP contribution in [0.5, 0.6) is 0 Å². The molecular weight excluding hydrogens is 308 g/mol. The van der Waals surface area contributed by atoms with Gasteiger partial charge in [-0.05, 0) is 23.8 Å². The van der Waals surface area contributed by atoms with Crippen LogP contribution in [0, 0.1) is 11.6 Å². The monoisotopic (exact) mass is 319 g/mol. The summed E-state index contributed by atoms with van der Waals surface area (Å²) in [5, 5.41) is 0.164.